The highest BCUT2D eigenvalue weighted by Crippen LogP contribution is 2.23. The van der Waals surface area contributed by atoms with Crippen molar-refractivity contribution in [2.75, 3.05) is 16.4 Å². The van der Waals surface area contributed by atoms with Gasteiger partial charge in [0.05, 0.1) is 10.8 Å². The lowest BCUT2D eigenvalue weighted by atomic mass is 10.1. The van der Waals surface area contributed by atoms with E-state index in [0.29, 0.717) is 22.8 Å². The van der Waals surface area contributed by atoms with Crippen molar-refractivity contribution in [2.45, 2.75) is 11.8 Å². The minimum Gasteiger partial charge on any atom is -0.360 e. The van der Waals surface area contributed by atoms with Gasteiger partial charge in [-0.3, -0.25) is 14.4 Å². The van der Waals surface area contributed by atoms with E-state index >= 15 is 0 Å². The monoisotopic (exact) mass is 564 g/mol. The molecule has 0 aliphatic heterocycles. The first kappa shape index (κ1) is 27.6. The number of amides is 3. The van der Waals surface area contributed by atoms with Gasteiger partial charge in [0.2, 0.25) is 5.91 Å². The van der Waals surface area contributed by atoms with Crippen LogP contribution in [-0.2, 0) is 9.59 Å². The molecule has 4 rings (SSSR count). The molecule has 0 fully saturated rings. The summed E-state index contributed by atoms with van der Waals surface area (Å²) in [7, 11) is 0. The molecule has 0 aliphatic carbocycles. The van der Waals surface area contributed by atoms with E-state index in [-0.39, 0.29) is 27.9 Å². The molecular formula is C28H22ClFN4O4S. The molecule has 3 amide bonds. The maximum Gasteiger partial charge on any atom is 0.272 e. The van der Waals surface area contributed by atoms with E-state index in [1.54, 1.807) is 67.6 Å². The second-order valence-electron chi connectivity index (χ2n) is 8.15. The molecule has 0 aliphatic rings. The quantitative estimate of drug-likeness (QED) is 0.172. The SMILES string of the molecule is Cc1cc(NC(=O)CSc2ccc(NC(=O)/C(=C/c3c(F)cccc3Cl)NC(=O)c3ccccc3)cc2)no1. The topological polar surface area (TPSA) is 113 Å². The Morgan fingerprint density at radius 1 is 1.00 bits per heavy atom. The molecular weight excluding hydrogens is 543 g/mol. The summed E-state index contributed by atoms with van der Waals surface area (Å²) in [4.78, 5) is 38.8. The van der Waals surface area contributed by atoms with Crippen molar-refractivity contribution in [3.05, 3.63) is 112 Å². The maximum absolute atomic E-state index is 14.4. The summed E-state index contributed by atoms with van der Waals surface area (Å²) in [5.74, 6) is -1.05. The van der Waals surface area contributed by atoms with E-state index in [0.717, 1.165) is 4.90 Å². The Morgan fingerprint density at radius 2 is 1.74 bits per heavy atom. The number of aromatic nitrogens is 1. The van der Waals surface area contributed by atoms with Crippen LogP contribution in [0.2, 0.25) is 5.02 Å². The fourth-order valence-corrected chi connectivity index (χ4v) is 4.24. The second-order valence-corrected chi connectivity index (χ2v) is 9.61. The molecule has 0 radical (unpaired) electrons. The summed E-state index contributed by atoms with van der Waals surface area (Å²) >= 11 is 7.43. The molecule has 3 aromatic carbocycles. The molecule has 11 heteroatoms. The number of thioether (sulfide) groups is 1. The predicted octanol–water partition coefficient (Wildman–Crippen LogP) is 5.92. The first-order valence-electron chi connectivity index (χ1n) is 11.6. The number of hydrogen-bond acceptors (Lipinski definition) is 6. The lowest BCUT2D eigenvalue weighted by Crippen LogP contribution is -2.30. The van der Waals surface area contributed by atoms with Crippen molar-refractivity contribution >= 4 is 58.7 Å². The fourth-order valence-electron chi connectivity index (χ4n) is 3.32. The first-order chi connectivity index (χ1) is 18.8. The van der Waals surface area contributed by atoms with Crippen LogP contribution in [0, 0.1) is 12.7 Å². The molecule has 39 heavy (non-hydrogen) atoms. The average Bonchev–Trinajstić information content (AvgIpc) is 3.34. The van der Waals surface area contributed by atoms with E-state index in [1.807, 2.05) is 0 Å². The normalized spacial score (nSPS) is 11.1. The summed E-state index contributed by atoms with van der Waals surface area (Å²) in [5.41, 5.74) is 0.504. The van der Waals surface area contributed by atoms with Gasteiger partial charge in [-0.1, -0.05) is 41.0 Å². The van der Waals surface area contributed by atoms with Gasteiger partial charge in [-0.2, -0.15) is 0 Å². The highest BCUT2D eigenvalue weighted by atomic mass is 35.5. The highest BCUT2D eigenvalue weighted by molar-refractivity contribution is 8.00. The number of anilines is 2. The van der Waals surface area contributed by atoms with E-state index in [1.165, 1.54) is 36.0 Å². The van der Waals surface area contributed by atoms with Crippen molar-refractivity contribution in [1.29, 1.82) is 0 Å². The Kier molecular flexibility index (Phi) is 9.14. The van der Waals surface area contributed by atoms with Crippen molar-refractivity contribution < 1.29 is 23.3 Å². The van der Waals surface area contributed by atoms with Crippen LogP contribution in [0.4, 0.5) is 15.9 Å². The molecule has 0 atom stereocenters. The molecule has 1 heterocycles. The summed E-state index contributed by atoms with van der Waals surface area (Å²) in [6.07, 6.45) is 1.19. The highest BCUT2D eigenvalue weighted by Gasteiger charge is 2.17. The van der Waals surface area contributed by atoms with Gasteiger partial charge in [0.25, 0.3) is 11.8 Å². The van der Waals surface area contributed by atoms with E-state index < -0.39 is 17.6 Å². The number of nitrogens with zero attached hydrogens (tertiary/aromatic N) is 1. The van der Waals surface area contributed by atoms with Gasteiger partial charge < -0.3 is 20.5 Å². The minimum atomic E-state index is -0.679. The van der Waals surface area contributed by atoms with Crippen LogP contribution in [0.15, 0.2) is 94.0 Å². The molecule has 4 aromatic rings. The van der Waals surface area contributed by atoms with E-state index in [4.69, 9.17) is 16.1 Å². The third-order valence-electron chi connectivity index (χ3n) is 5.19. The molecule has 8 nitrogen and oxygen atoms in total. The molecule has 1 aromatic heterocycles. The molecule has 198 valence electrons. The van der Waals surface area contributed by atoms with Gasteiger partial charge in [0.1, 0.15) is 17.3 Å². The zero-order chi connectivity index (χ0) is 27.8. The summed E-state index contributed by atoms with van der Waals surface area (Å²) in [5, 5.41) is 11.7. The van der Waals surface area contributed by atoms with Crippen molar-refractivity contribution in [2.24, 2.45) is 0 Å². The standard InChI is InChI=1S/C28H22ClFN4O4S/c1-17-14-25(34-38-17)33-26(35)16-39-20-12-10-19(11-13-20)31-28(37)24(15-21-22(29)8-5-9-23(21)30)32-27(36)18-6-3-2-4-7-18/h2-15H,16H2,1H3,(H,31,37)(H,32,36)(H,33,34,35)/b24-15-. The molecule has 0 bridgehead atoms. The number of nitrogens with one attached hydrogen (secondary N) is 3. The minimum absolute atomic E-state index is 0.0384. The predicted molar refractivity (Wildman–Crippen MR) is 149 cm³/mol. The van der Waals surface area contributed by atoms with Crippen molar-refractivity contribution in [3.63, 3.8) is 0 Å². The van der Waals surface area contributed by atoms with Crippen LogP contribution >= 0.6 is 23.4 Å². The van der Waals surface area contributed by atoms with Crippen molar-refractivity contribution in [3.8, 4) is 0 Å². The summed E-state index contributed by atoms with van der Waals surface area (Å²) in [6, 6.07) is 20.8. The zero-order valence-corrected chi connectivity index (χ0v) is 22.1. The Balaban J connectivity index is 1.44. The van der Waals surface area contributed by atoms with Crippen LogP contribution in [0.5, 0.6) is 0 Å². The Morgan fingerprint density at radius 3 is 2.41 bits per heavy atom. The van der Waals surface area contributed by atoms with Crippen LogP contribution in [-0.4, -0.2) is 28.6 Å². The summed E-state index contributed by atoms with van der Waals surface area (Å²) < 4.78 is 19.4. The first-order valence-corrected chi connectivity index (χ1v) is 12.9. The van der Waals surface area contributed by atoms with Gasteiger partial charge in [-0.15, -0.1) is 11.8 Å². The number of rotatable bonds is 9. The summed E-state index contributed by atoms with van der Waals surface area (Å²) in [6.45, 7) is 1.72. The van der Waals surface area contributed by atoms with E-state index in [2.05, 4.69) is 21.1 Å². The largest absolute Gasteiger partial charge is 0.360 e. The molecule has 0 saturated heterocycles. The zero-order valence-electron chi connectivity index (χ0n) is 20.5. The van der Waals surface area contributed by atoms with Gasteiger partial charge >= 0.3 is 0 Å². The van der Waals surface area contributed by atoms with Crippen molar-refractivity contribution in [1.82, 2.24) is 10.5 Å². The van der Waals surface area contributed by atoms with Gasteiger partial charge in [0.15, 0.2) is 5.82 Å². The third-order valence-corrected chi connectivity index (χ3v) is 6.54. The molecule has 0 spiro atoms. The number of benzene rings is 3. The number of carbonyl (C=O) groups excluding carboxylic acids is 3. The number of carbonyl (C=O) groups is 3. The van der Waals surface area contributed by atoms with Crippen LogP contribution < -0.4 is 16.0 Å². The number of hydrogen-bond donors (Lipinski definition) is 3. The maximum atomic E-state index is 14.4. The molecule has 0 saturated carbocycles. The second kappa shape index (κ2) is 12.9. The molecule has 0 unspecified atom stereocenters. The number of halogens is 2. The third kappa shape index (κ3) is 7.79. The molecule has 3 N–H and O–H groups in total. The Hall–Kier alpha value is -4.41. The Labute approximate surface area is 232 Å². The fraction of sp³-hybridized carbons (Fsp3) is 0.0714. The smallest absolute Gasteiger partial charge is 0.272 e. The average molecular weight is 565 g/mol. The van der Waals surface area contributed by atoms with Gasteiger partial charge in [-0.05, 0) is 61.5 Å². The van der Waals surface area contributed by atoms with Crippen LogP contribution in [0.25, 0.3) is 6.08 Å². The van der Waals surface area contributed by atoms with Crippen LogP contribution in [0.3, 0.4) is 0 Å². The number of aryl methyl sites for hydroxylation is 1. The van der Waals surface area contributed by atoms with Gasteiger partial charge in [0, 0.05) is 27.8 Å². The Bertz CT molecular complexity index is 1500. The lowest BCUT2D eigenvalue weighted by molar-refractivity contribution is -0.114. The lowest BCUT2D eigenvalue weighted by Gasteiger charge is -2.12. The van der Waals surface area contributed by atoms with E-state index in [9.17, 15) is 18.8 Å². The van der Waals surface area contributed by atoms with Gasteiger partial charge in [-0.25, -0.2) is 4.39 Å². The van der Waals surface area contributed by atoms with Crippen LogP contribution in [0.1, 0.15) is 21.7 Å².